The minimum Gasteiger partial charge on any atom is -0.496 e. The molecular weight excluding hydrogens is 202 g/mol. The van der Waals surface area contributed by atoms with Gasteiger partial charge in [-0.2, -0.15) is 0 Å². The summed E-state index contributed by atoms with van der Waals surface area (Å²) in [5, 5.41) is 0. The van der Waals surface area contributed by atoms with Gasteiger partial charge < -0.3 is 15.2 Å². The number of nitrogens with two attached hydrogens (primary N) is 1. The summed E-state index contributed by atoms with van der Waals surface area (Å²) in [6.07, 6.45) is 3.55. The third kappa shape index (κ3) is 2.54. The summed E-state index contributed by atoms with van der Waals surface area (Å²) in [6, 6.07) is 8.14. The fraction of sp³-hybridized carbons (Fsp3) is 0.538. The Kier molecular flexibility index (Phi) is 3.80. The Morgan fingerprint density at radius 2 is 2.12 bits per heavy atom. The van der Waals surface area contributed by atoms with E-state index in [0.717, 1.165) is 24.2 Å². The fourth-order valence-electron chi connectivity index (χ4n) is 2.18. The molecule has 2 N–H and O–H groups in total. The SMILES string of the molecule is COc1ccccc1COC1CCCC1N. The van der Waals surface area contributed by atoms with Crippen molar-refractivity contribution in [2.75, 3.05) is 7.11 Å². The summed E-state index contributed by atoms with van der Waals surface area (Å²) >= 11 is 0. The van der Waals surface area contributed by atoms with Gasteiger partial charge in [0.15, 0.2) is 0 Å². The molecule has 16 heavy (non-hydrogen) atoms. The van der Waals surface area contributed by atoms with Crippen molar-refractivity contribution in [3.63, 3.8) is 0 Å². The number of benzene rings is 1. The van der Waals surface area contributed by atoms with E-state index >= 15 is 0 Å². The van der Waals surface area contributed by atoms with Crippen molar-refractivity contribution in [1.29, 1.82) is 0 Å². The lowest BCUT2D eigenvalue weighted by Gasteiger charge is -2.17. The molecule has 0 heterocycles. The number of hydrogen-bond donors (Lipinski definition) is 1. The van der Waals surface area contributed by atoms with E-state index in [1.807, 2.05) is 24.3 Å². The summed E-state index contributed by atoms with van der Waals surface area (Å²) in [4.78, 5) is 0. The van der Waals surface area contributed by atoms with E-state index in [0.29, 0.717) is 6.61 Å². The lowest BCUT2D eigenvalue weighted by Crippen LogP contribution is -2.31. The molecule has 0 bridgehead atoms. The molecule has 1 fully saturated rings. The zero-order valence-corrected chi connectivity index (χ0v) is 9.69. The molecule has 2 atom stereocenters. The maximum atomic E-state index is 5.96. The molecule has 0 aliphatic heterocycles. The van der Waals surface area contributed by atoms with Gasteiger partial charge in [-0.15, -0.1) is 0 Å². The molecule has 1 aliphatic rings. The van der Waals surface area contributed by atoms with Gasteiger partial charge in [-0.3, -0.25) is 0 Å². The van der Waals surface area contributed by atoms with Gasteiger partial charge in [-0.1, -0.05) is 18.2 Å². The van der Waals surface area contributed by atoms with Crippen molar-refractivity contribution in [3.8, 4) is 5.75 Å². The molecular formula is C13H19NO2. The van der Waals surface area contributed by atoms with Gasteiger partial charge in [-0.05, 0) is 25.3 Å². The molecule has 2 rings (SSSR count). The summed E-state index contributed by atoms with van der Waals surface area (Å²) < 4.78 is 11.1. The Labute approximate surface area is 96.5 Å². The van der Waals surface area contributed by atoms with Gasteiger partial charge in [0, 0.05) is 11.6 Å². The fourth-order valence-corrected chi connectivity index (χ4v) is 2.18. The van der Waals surface area contributed by atoms with Crippen molar-refractivity contribution in [3.05, 3.63) is 29.8 Å². The highest BCUT2D eigenvalue weighted by Gasteiger charge is 2.24. The first-order chi connectivity index (χ1) is 7.81. The smallest absolute Gasteiger partial charge is 0.124 e. The van der Waals surface area contributed by atoms with Gasteiger partial charge in [0.05, 0.1) is 19.8 Å². The second-order valence-electron chi connectivity index (χ2n) is 4.26. The van der Waals surface area contributed by atoms with E-state index in [4.69, 9.17) is 15.2 Å². The minimum atomic E-state index is 0.203. The molecule has 0 amide bonds. The summed E-state index contributed by atoms with van der Waals surface area (Å²) in [6.45, 7) is 0.586. The van der Waals surface area contributed by atoms with Crippen LogP contribution >= 0.6 is 0 Å². The normalized spacial score (nSPS) is 24.6. The Morgan fingerprint density at radius 3 is 2.81 bits per heavy atom. The van der Waals surface area contributed by atoms with E-state index in [1.54, 1.807) is 7.11 Å². The quantitative estimate of drug-likeness (QED) is 0.846. The summed E-state index contributed by atoms with van der Waals surface area (Å²) in [7, 11) is 1.68. The molecule has 3 nitrogen and oxygen atoms in total. The van der Waals surface area contributed by atoms with Gasteiger partial charge in [0.1, 0.15) is 5.75 Å². The first kappa shape index (κ1) is 11.4. The lowest BCUT2D eigenvalue weighted by atomic mass is 10.2. The maximum absolute atomic E-state index is 5.96. The Hall–Kier alpha value is -1.06. The highest BCUT2D eigenvalue weighted by Crippen LogP contribution is 2.24. The zero-order chi connectivity index (χ0) is 11.4. The van der Waals surface area contributed by atoms with Crippen LogP contribution < -0.4 is 10.5 Å². The molecule has 1 aromatic rings. The topological polar surface area (TPSA) is 44.5 Å². The minimum absolute atomic E-state index is 0.203. The monoisotopic (exact) mass is 221 g/mol. The van der Waals surface area contributed by atoms with Gasteiger partial charge in [0.2, 0.25) is 0 Å². The van der Waals surface area contributed by atoms with E-state index in [9.17, 15) is 0 Å². The highest BCUT2D eigenvalue weighted by molar-refractivity contribution is 5.32. The second-order valence-corrected chi connectivity index (χ2v) is 4.26. The van der Waals surface area contributed by atoms with Crippen molar-refractivity contribution >= 4 is 0 Å². The van der Waals surface area contributed by atoms with Crippen molar-refractivity contribution in [2.24, 2.45) is 5.73 Å². The average molecular weight is 221 g/mol. The van der Waals surface area contributed by atoms with Crippen LogP contribution in [0.15, 0.2) is 24.3 Å². The number of methoxy groups -OCH3 is 1. The van der Waals surface area contributed by atoms with Crippen LogP contribution in [-0.4, -0.2) is 19.3 Å². The predicted molar refractivity (Wildman–Crippen MR) is 63.4 cm³/mol. The van der Waals surface area contributed by atoms with E-state index in [2.05, 4.69) is 0 Å². The first-order valence-electron chi connectivity index (χ1n) is 5.80. The van der Waals surface area contributed by atoms with Crippen LogP contribution in [0.5, 0.6) is 5.75 Å². The molecule has 3 heteroatoms. The van der Waals surface area contributed by atoms with Crippen LogP contribution in [0.1, 0.15) is 24.8 Å². The van der Waals surface area contributed by atoms with Gasteiger partial charge >= 0.3 is 0 Å². The number of ether oxygens (including phenoxy) is 2. The predicted octanol–water partition coefficient (Wildman–Crippen LogP) is 2.09. The Balaban J connectivity index is 1.93. The van der Waals surface area contributed by atoms with Crippen LogP contribution in [0.2, 0.25) is 0 Å². The summed E-state index contributed by atoms with van der Waals surface area (Å²) in [5.41, 5.74) is 7.04. The van der Waals surface area contributed by atoms with Crippen LogP contribution in [0.3, 0.4) is 0 Å². The lowest BCUT2D eigenvalue weighted by molar-refractivity contribution is 0.0347. The van der Waals surface area contributed by atoms with Crippen LogP contribution in [0, 0.1) is 0 Å². The van der Waals surface area contributed by atoms with Gasteiger partial charge in [0.25, 0.3) is 0 Å². The van der Waals surface area contributed by atoms with E-state index in [-0.39, 0.29) is 12.1 Å². The molecule has 0 spiro atoms. The van der Waals surface area contributed by atoms with Crippen molar-refractivity contribution < 1.29 is 9.47 Å². The molecule has 1 saturated carbocycles. The largest absolute Gasteiger partial charge is 0.496 e. The first-order valence-corrected chi connectivity index (χ1v) is 5.80. The molecule has 0 saturated heterocycles. The van der Waals surface area contributed by atoms with Crippen molar-refractivity contribution in [2.45, 2.75) is 38.0 Å². The average Bonchev–Trinajstić information content (AvgIpc) is 2.72. The number of para-hydroxylation sites is 1. The van der Waals surface area contributed by atoms with Crippen LogP contribution in [0.4, 0.5) is 0 Å². The highest BCUT2D eigenvalue weighted by atomic mass is 16.5. The summed E-state index contributed by atoms with van der Waals surface area (Å²) in [5.74, 6) is 0.883. The standard InChI is InChI=1S/C13H19NO2/c1-15-12-7-3-2-5-10(12)9-16-13-8-4-6-11(13)14/h2-3,5,7,11,13H,4,6,8-9,14H2,1H3. The third-order valence-electron chi connectivity index (χ3n) is 3.15. The molecule has 0 aromatic heterocycles. The van der Waals surface area contributed by atoms with Crippen molar-refractivity contribution in [1.82, 2.24) is 0 Å². The molecule has 2 unspecified atom stereocenters. The third-order valence-corrected chi connectivity index (χ3v) is 3.15. The second kappa shape index (κ2) is 5.32. The molecule has 88 valence electrons. The number of rotatable bonds is 4. The molecule has 1 aliphatic carbocycles. The van der Waals surface area contributed by atoms with E-state index in [1.165, 1.54) is 6.42 Å². The van der Waals surface area contributed by atoms with Gasteiger partial charge in [-0.25, -0.2) is 0 Å². The van der Waals surface area contributed by atoms with E-state index < -0.39 is 0 Å². The van der Waals surface area contributed by atoms with Crippen LogP contribution in [0.25, 0.3) is 0 Å². The Morgan fingerprint density at radius 1 is 1.31 bits per heavy atom. The molecule has 1 aromatic carbocycles. The van der Waals surface area contributed by atoms with Crippen LogP contribution in [-0.2, 0) is 11.3 Å². The molecule has 0 radical (unpaired) electrons. The zero-order valence-electron chi connectivity index (χ0n) is 9.69. The Bertz CT molecular complexity index is 340. The number of hydrogen-bond acceptors (Lipinski definition) is 3. The maximum Gasteiger partial charge on any atom is 0.124 e.